The molecule has 133 valence electrons. The SMILES string of the molecule is CCc1cc(CC)cc([Si](c2ccccc2Cl)c2cccc(C)c2C)c1. The third-order valence-corrected chi connectivity index (χ3v) is 8.58. The highest BCUT2D eigenvalue weighted by atomic mass is 35.5. The highest BCUT2D eigenvalue weighted by Gasteiger charge is 2.24. The molecule has 0 aliphatic carbocycles. The molecule has 0 unspecified atom stereocenters. The summed E-state index contributed by atoms with van der Waals surface area (Å²) in [6, 6.07) is 22.2. The van der Waals surface area contributed by atoms with E-state index in [0.29, 0.717) is 0 Å². The van der Waals surface area contributed by atoms with Crippen LogP contribution in [0.3, 0.4) is 0 Å². The van der Waals surface area contributed by atoms with Crippen molar-refractivity contribution in [1.29, 1.82) is 0 Å². The molecule has 0 amide bonds. The van der Waals surface area contributed by atoms with Gasteiger partial charge < -0.3 is 0 Å². The second kappa shape index (κ2) is 8.24. The zero-order chi connectivity index (χ0) is 18.7. The van der Waals surface area contributed by atoms with Crippen LogP contribution in [0.1, 0.15) is 36.1 Å². The van der Waals surface area contributed by atoms with E-state index in [1.54, 1.807) is 0 Å². The Morgan fingerprint density at radius 1 is 0.769 bits per heavy atom. The van der Waals surface area contributed by atoms with Crippen LogP contribution in [-0.4, -0.2) is 8.80 Å². The minimum absolute atomic E-state index is 0.877. The van der Waals surface area contributed by atoms with Crippen molar-refractivity contribution in [3.63, 3.8) is 0 Å². The molecule has 3 aromatic carbocycles. The maximum atomic E-state index is 6.68. The van der Waals surface area contributed by atoms with Gasteiger partial charge in [-0.3, -0.25) is 0 Å². The largest absolute Gasteiger partial charge is 0.156 e. The van der Waals surface area contributed by atoms with Gasteiger partial charge in [0.15, 0.2) is 8.80 Å². The molecule has 0 aromatic heterocycles. The minimum Gasteiger partial charge on any atom is -0.0845 e. The molecule has 0 fully saturated rings. The molecule has 0 N–H and O–H groups in total. The van der Waals surface area contributed by atoms with Crippen molar-refractivity contribution >= 4 is 36.0 Å². The summed E-state index contributed by atoms with van der Waals surface area (Å²) in [4.78, 5) is 0. The molecular formula is C24H26ClSi. The second-order valence-electron chi connectivity index (χ2n) is 6.85. The number of aryl methyl sites for hydroxylation is 3. The lowest BCUT2D eigenvalue weighted by atomic mass is 10.1. The number of hydrogen-bond acceptors (Lipinski definition) is 0. The van der Waals surface area contributed by atoms with Gasteiger partial charge in [-0.25, -0.2) is 0 Å². The van der Waals surface area contributed by atoms with Crippen molar-refractivity contribution in [1.82, 2.24) is 0 Å². The van der Waals surface area contributed by atoms with Gasteiger partial charge in [-0.1, -0.05) is 85.2 Å². The monoisotopic (exact) mass is 377 g/mol. The van der Waals surface area contributed by atoms with Gasteiger partial charge in [0.25, 0.3) is 0 Å². The molecule has 0 aliphatic rings. The van der Waals surface area contributed by atoms with E-state index in [1.807, 2.05) is 12.1 Å². The van der Waals surface area contributed by atoms with Gasteiger partial charge in [-0.05, 0) is 65.4 Å². The summed E-state index contributed by atoms with van der Waals surface area (Å²) >= 11 is 6.68. The van der Waals surface area contributed by atoms with Crippen LogP contribution in [0.2, 0.25) is 5.02 Å². The Bertz CT molecular complexity index is 892. The van der Waals surface area contributed by atoms with Gasteiger partial charge in [0.2, 0.25) is 0 Å². The van der Waals surface area contributed by atoms with Crippen LogP contribution in [0, 0.1) is 13.8 Å². The van der Waals surface area contributed by atoms with Crippen LogP contribution in [0.4, 0.5) is 0 Å². The molecular weight excluding hydrogens is 352 g/mol. The molecule has 0 nitrogen and oxygen atoms in total. The number of rotatable bonds is 5. The lowest BCUT2D eigenvalue weighted by molar-refractivity contribution is 1.09. The molecule has 3 aromatic rings. The van der Waals surface area contributed by atoms with Crippen molar-refractivity contribution in [2.75, 3.05) is 0 Å². The van der Waals surface area contributed by atoms with Crippen molar-refractivity contribution in [3.05, 3.63) is 87.9 Å². The van der Waals surface area contributed by atoms with E-state index in [2.05, 4.69) is 76.2 Å². The van der Waals surface area contributed by atoms with Crippen LogP contribution in [-0.2, 0) is 12.8 Å². The van der Waals surface area contributed by atoms with Gasteiger partial charge in [0, 0.05) is 5.02 Å². The van der Waals surface area contributed by atoms with E-state index in [-0.39, 0.29) is 0 Å². The fraction of sp³-hybridized carbons (Fsp3) is 0.250. The average Bonchev–Trinajstić information content (AvgIpc) is 2.66. The first-order valence-electron chi connectivity index (χ1n) is 9.36. The van der Waals surface area contributed by atoms with Crippen LogP contribution in [0.15, 0.2) is 60.7 Å². The Morgan fingerprint density at radius 2 is 1.38 bits per heavy atom. The Kier molecular flexibility index (Phi) is 6.00. The van der Waals surface area contributed by atoms with E-state index >= 15 is 0 Å². The van der Waals surface area contributed by atoms with Crippen LogP contribution >= 0.6 is 11.6 Å². The fourth-order valence-electron chi connectivity index (χ4n) is 3.46. The molecule has 0 saturated carbocycles. The van der Waals surface area contributed by atoms with Crippen LogP contribution < -0.4 is 15.6 Å². The van der Waals surface area contributed by atoms with Crippen molar-refractivity contribution in [2.24, 2.45) is 0 Å². The first kappa shape index (κ1) is 18.9. The van der Waals surface area contributed by atoms with E-state index in [4.69, 9.17) is 11.6 Å². The standard InChI is InChI=1S/C24H26ClSi/c1-5-19-14-20(6-2)16-21(15-19)26(24-12-8-7-11-22(24)25)23-13-9-10-17(3)18(23)4/h7-16H,5-6H2,1-4H3. The third kappa shape index (κ3) is 3.79. The third-order valence-electron chi connectivity index (χ3n) is 5.17. The Hall–Kier alpha value is -1.83. The lowest BCUT2D eigenvalue weighted by Crippen LogP contribution is -2.53. The molecule has 2 heteroatoms. The summed E-state index contributed by atoms with van der Waals surface area (Å²) in [5.74, 6) is 0. The van der Waals surface area contributed by atoms with Crippen molar-refractivity contribution in [2.45, 2.75) is 40.5 Å². The second-order valence-corrected chi connectivity index (χ2v) is 9.66. The first-order chi connectivity index (χ1) is 12.5. The molecule has 0 atom stereocenters. The highest BCUT2D eigenvalue weighted by Crippen LogP contribution is 2.12. The maximum Gasteiger partial charge on any atom is 0.156 e. The average molecular weight is 378 g/mol. The summed E-state index contributed by atoms with van der Waals surface area (Å²) in [7, 11) is -1.16. The van der Waals surface area contributed by atoms with E-state index < -0.39 is 8.80 Å². The fourth-order valence-corrected chi connectivity index (χ4v) is 6.87. The summed E-state index contributed by atoms with van der Waals surface area (Å²) in [6.45, 7) is 8.91. The van der Waals surface area contributed by atoms with Crippen molar-refractivity contribution < 1.29 is 0 Å². The molecule has 1 radical (unpaired) electrons. The predicted molar refractivity (Wildman–Crippen MR) is 117 cm³/mol. The Labute approximate surface area is 164 Å². The predicted octanol–water partition coefficient (Wildman–Crippen LogP) is 4.60. The first-order valence-corrected chi connectivity index (χ1v) is 11.2. The van der Waals surface area contributed by atoms with Gasteiger partial charge in [0.1, 0.15) is 0 Å². The Morgan fingerprint density at radius 3 is 2.00 bits per heavy atom. The molecule has 0 saturated heterocycles. The molecule has 3 rings (SSSR count). The molecule has 0 aliphatic heterocycles. The zero-order valence-electron chi connectivity index (χ0n) is 16.1. The highest BCUT2D eigenvalue weighted by molar-refractivity contribution is 6.96. The van der Waals surface area contributed by atoms with Gasteiger partial charge in [-0.2, -0.15) is 0 Å². The number of hydrogen-bond donors (Lipinski definition) is 0. The van der Waals surface area contributed by atoms with Gasteiger partial charge >= 0.3 is 0 Å². The molecule has 0 bridgehead atoms. The number of halogens is 1. The smallest absolute Gasteiger partial charge is 0.0845 e. The quantitative estimate of drug-likeness (QED) is 0.450. The van der Waals surface area contributed by atoms with E-state index in [0.717, 1.165) is 17.9 Å². The van der Waals surface area contributed by atoms with Gasteiger partial charge in [0.05, 0.1) is 0 Å². The van der Waals surface area contributed by atoms with Gasteiger partial charge in [-0.15, -0.1) is 0 Å². The molecule has 0 spiro atoms. The summed E-state index contributed by atoms with van der Waals surface area (Å²) in [5.41, 5.74) is 5.57. The summed E-state index contributed by atoms with van der Waals surface area (Å²) < 4.78 is 0. The zero-order valence-corrected chi connectivity index (χ0v) is 17.8. The van der Waals surface area contributed by atoms with Crippen LogP contribution in [0.5, 0.6) is 0 Å². The number of benzene rings is 3. The minimum atomic E-state index is -1.16. The molecule has 26 heavy (non-hydrogen) atoms. The lowest BCUT2D eigenvalue weighted by Gasteiger charge is -2.22. The van der Waals surface area contributed by atoms with E-state index in [1.165, 1.54) is 37.8 Å². The van der Waals surface area contributed by atoms with E-state index in [9.17, 15) is 0 Å². The Balaban J connectivity index is 2.29. The summed E-state index contributed by atoms with van der Waals surface area (Å²) in [6.07, 6.45) is 2.12. The maximum absolute atomic E-state index is 6.68. The molecule has 0 heterocycles. The topological polar surface area (TPSA) is 0 Å². The van der Waals surface area contributed by atoms with Crippen molar-refractivity contribution in [3.8, 4) is 0 Å². The summed E-state index contributed by atoms with van der Waals surface area (Å²) in [5, 5.41) is 5.04. The normalized spacial score (nSPS) is 11.2. The van der Waals surface area contributed by atoms with Crippen LogP contribution in [0.25, 0.3) is 0 Å².